The molecule has 0 unspecified atom stereocenters. The first-order valence-corrected chi connectivity index (χ1v) is 12.1. The van der Waals surface area contributed by atoms with Gasteiger partial charge in [-0.2, -0.15) is 18.2 Å². The predicted octanol–water partition coefficient (Wildman–Crippen LogP) is 4.80. The number of halogens is 3. The molecule has 6 rings (SSSR count). The highest BCUT2D eigenvalue weighted by molar-refractivity contribution is 5.95. The van der Waals surface area contributed by atoms with Crippen molar-refractivity contribution in [3.05, 3.63) is 36.8 Å². The lowest BCUT2D eigenvalue weighted by molar-refractivity contribution is -0.182. The third kappa shape index (κ3) is 4.32. The van der Waals surface area contributed by atoms with Crippen molar-refractivity contribution < 1.29 is 17.9 Å². The van der Waals surface area contributed by atoms with Crippen molar-refractivity contribution in [3.8, 4) is 17.0 Å². The zero-order valence-corrected chi connectivity index (χ0v) is 19.8. The van der Waals surface area contributed by atoms with Gasteiger partial charge in [0.05, 0.1) is 22.6 Å². The number of H-pyrrole nitrogens is 1. The normalized spacial score (nSPS) is 18.6. The smallest absolute Gasteiger partial charge is 0.396 e. The van der Waals surface area contributed by atoms with Gasteiger partial charge in [-0.25, -0.2) is 15.0 Å². The van der Waals surface area contributed by atoms with E-state index in [0.717, 1.165) is 48.0 Å². The van der Waals surface area contributed by atoms with Crippen LogP contribution >= 0.6 is 0 Å². The van der Waals surface area contributed by atoms with E-state index in [1.54, 1.807) is 12.4 Å². The molecular weight excluding hydrogens is 471 g/mol. The number of aromatic amines is 1. The molecule has 1 saturated heterocycles. The van der Waals surface area contributed by atoms with Crippen LogP contribution in [0.4, 0.5) is 19.1 Å². The second kappa shape index (κ2) is 8.58. The fourth-order valence-electron chi connectivity index (χ4n) is 4.68. The number of nitrogens with zero attached hydrogens (tertiary/aromatic N) is 5. The van der Waals surface area contributed by atoms with Crippen molar-refractivity contribution in [2.45, 2.75) is 38.0 Å². The Bertz CT molecular complexity index is 1410. The Morgan fingerprint density at radius 2 is 1.92 bits per heavy atom. The summed E-state index contributed by atoms with van der Waals surface area (Å²) in [4.78, 5) is 23.2. The summed E-state index contributed by atoms with van der Waals surface area (Å²) in [7, 11) is 2.11. The van der Waals surface area contributed by atoms with Gasteiger partial charge in [0.15, 0.2) is 0 Å². The fourth-order valence-corrected chi connectivity index (χ4v) is 4.68. The number of piperidine rings is 1. The van der Waals surface area contributed by atoms with Gasteiger partial charge in [0.2, 0.25) is 11.8 Å². The third-order valence-corrected chi connectivity index (χ3v) is 7.26. The molecule has 188 valence electrons. The largest absolute Gasteiger partial charge is 0.473 e. The number of fused-ring (bicyclic) bond motifs is 2. The molecule has 0 atom stereocenters. The van der Waals surface area contributed by atoms with Crippen molar-refractivity contribution in [1.82, 2.24) is 29.8 Å². The van der Waals surface area contributed by atoms with Gasteiger partial charge in [-0.15, -0.1) is 0 Å². The molecular formula is C25H26F3N7O. The molecule has 2 N–H and O–H groups in total. The molecule has 0 spiro atoms. The van der Waals surface area contributed by atoms with E-state index in [9.17, 15) is 13.2 Å². The van der Waals surface area contributed by atoms with Crippen LogP contribution in [0.2, 0.25) is 0 Å². The van der Waals surface area contributed by atoms with E-state index < -0.39 is 11.6 Å². The van der Waals surface area contributed by atoms with Crippen LogP contribution in [-0.4, -0.2) is 68.8 Å². The summed E-state index contributed by atoms with van der Waals surface area (Å²) in [5, 5.41) is 3.53. The number of nitrogens with one attached hydrogen (secondary N) is 2. The minimum Gasteiger partial charge on any atom is -0.473 e. The average molecular weight is 498 g/mol. The minimum atomic E-state index is -4.22. The van der Waals surface area contributed by atoms with E-state index in [1.807, 2.05) is 24.4 Å². The standard InChI is InChI=1S/C25H26F3N7O/c1-35-8-4-16(5-9-35)36-21-13-29-19-3-2-15(10-20(19)33-21)17-11-30-22-18(17)12-31-23(34-22)32-14-24(6-7-24)25(26,27)28/h2-3,10-13,16H,4-9,14H2,1H3,(H2,30,31,32,34). The highest BCUT2D eigenvalue weighted by atomic mass is 19.4. The van der Waals surface area contributed by atoms with E-state index in [4.69, 9.17) is 4.74 Å². The van der Waals surface area contributed by atoms with Gasteiger partial charge in [0.1, 0.15) is 11.8 Å². The van der Waals surface area contributed by atoms with Crippen LogP contribution in [0, 0.1) is 5.41 Å². The van der Waals surface area contributed by atoms with Crippen molar-refractivity contribution >= 4 is 28.0 Å². The van der Waals surface area contributed by atoms with E-state index in [2.05, 4.69) is 42.2 Å². The Balaban J connectivity index is 1.22. The van der Waals surface area contributed by atoms with E-state index in [1.165, 1.54) is 0 Å². The van der Waals surface area contributed by atoms with Crippen LogP contribution in [0.5, 0.6) is 5.88 Å². The maximum atomic E-state index is 13.2. The Kier molecular flexibility index (Phi) is 5.47. The molecule has 0 radical (unpaired) electrons. The number of hydrogen-bond acceptors (Lipinski definition) is 7. The average Bonchev–Trinajstić information content (AvgIpc) is 3.56. The Labute approximate surface area is 205 Å². The summed E-state index contributed by atoms with van der Waals surface area (Å²) in [6.45, 7) is 1.78. The summed E-state index contributed by atoms with van der Waals surface area (Å²) < 4.78 is 45.7. The maximum Gasteiger partial charge on any atom is 0.396 e. The van der Waals surface area contributed by atoms with Crippen LogP contribution in [0.1, 0.15) is 25.7 Å². The monoisotopic (exact) mass is 497 g/mol. The lowest BCUT2D eigenvalue weighted by Gasteiger charge is -2.28. The lowest BCUT2D eigenvalue weighted by atomic mass is 10.1. The van der Waals surface area contributed by atoms with Crippen molar-refractivity contribution in [3.63, 3.8) is 0 Å². The number of aromatic nitrogens is 5. The number of benzene rings is 1. The number of hydrogen-bond donors (Lipinski definition) is 2. The SMILES string of the molecule is CN1CCC(Oc2cnc3ccc(-c4c[nH]c5nc(NCC6(C(F)(F)F)CC6)ncc45)cc3n2)CC1. The number of ether oxygens (including phenoxy) is 1. The second-order valence-corrected chi connectivity index (χ2v) is 9.82. The molecule has 1 aliphatic carbocycles. The van der Waals surface area contributed by atoms with Crippen LogP contribution in [0.15, 0.2) is 36.8 Å². The van der Waals surface area contributed by atoms with Gasteiger partial charge < -0.3 is 19.9 Å². The molecule has 1 aliphatic heterocycles. The lowest BCUT2D eigenvalue weighted by Crippen LogP contribution is -2.35. The van der Waals surface area contributed by atoms with E-state index in [0.29, 0.717) is 17.0 Å². The molecule has 4 heterocycles. The molecule has 2 fully saturated rings. The zero-order chi connectivity index (χ0) is 24.9. The molecule has 0 amide bonds. The first-order chi connectivity index (χ1) is 17.3. The highest BCUT2D eigenvalue weighted by Crippen LogP contribution is 2.57. The van der Waals surface area contributed by atoms with Crippen molar-refractivity contribution in [2.24, 2.45) is 5.41 Å². The van der Waals surface area contributed by atoms with E-state index in [-0.39, 0.29) is 31.4 Å². The summed E-state index contributed by atoms with van der Waals surface area (Å²) in [6.07, 6.45) is 3.20. The number of anilines is 1. The van der Waals surface area contributed by atoms with Crippen LogP contribution in [0.3, 0.4) is 0 Å². The molecule has 3 aromatic heterocycles. The predicted molar refractivity (Wildman–Crippen MR) is 130 cm³/mol. The molecule has 8 nitrogen and oxygen atoms in total. The third-order valence-electron chi connectivity index (χ3n) is 7.26. The molecule has 2 aliphatic rings. The van der Waals surface area contributed by atoms with Crippen LogP contribution in [-0.2, 0) is 0 Å². The number of likely N-dealkylation sites (tertiary alicyclic amines) is 1. The van der Waals surface area contributed by atoms with Crippen LogP contribution < -0.4 is 10.1 Å². The van der Waals surface area contributed by atoms with Gasteiger partial charge in [-0.3, -0.25) is 0 Å². The first-order valence-electron chi connectivity index (χ1n) is 12.1. The van der Waals surface area contributed by atoms with Gasteiger partial charge >= 0.3 is 6.18 Å². The summed E-state index contributed by atoms with van der Waals surface area (Å²) in [5.74, 6) is 0.686. The molecule has 36 heavy (non-hydrogen) atoms. The summed E-state index contributed by atoms with van der Waals surface area (Å²) in [5.41, 5.74) is 2.14. The Morgan fingerprint density at radius 3 is 2.67 bits per heavy atom. The zero-order valence-electron chi connectivity index (χ0n) is 19.8. The highest BCUT2D eigenvalue weighted by Gasteiger charge is 2.62. The molecule has 1 saturated carbocycles. The number of rotatable bonds is 6. The second-order valence-electron chi connectivity index (χ2n) is 9.82. The van der Waals surface area contributed by atoms with Crippen LogP contribution in [0.25, 0.3) is 33.2 Å². The Hall–Kier alpha value is -3.47. The van der Waals surface area contributed by atoms with Gasteiger partial charge in [-0.1, -0.05) is 6.07 Å². The maximum absolute atomic E-state index is 13.2. The van der Waals surface area contributed by atoms with Gasteiger partial charge in [0, 0.05) is 43.0 Å². The van der Waals surface area contributed by atoms with Gasteiger partial charge in [-0.05, 0) is 50.4 Å². The van der Waals surface area contributed by atoms with Crippen molar-refractivity contribution in [2.75, 3.05) is 32.0 Å². The molecule has 11 heteroatoms. The fraction of sp³-hybridized carbons (Fsp3) is 0.440. The molecule has 0 bridgehead atoms. The summed E-state index contributed by atoms with van der Waals surface area (Å²) in [6, 6.07) is 5.79. The van der Waals surface area contributed by atoms with Gasteiger partial charge in [0.25, 0.3) is 0 Å². The number of alkyl halides is 3. The van der Waals surface area contributed by atoms with E-state index >= 15 is 0 Å². The first kappa shape index (κ1) is 23.0. The Morgan fingerprint density at radius 1 is 1.11 bits per heavy atom. The quantitative estimate of drug-likeness (QED) is 0.396. The molecule has 1 aromatic carbocycles. The topological polar surface area (TPSA) is 91.8 Å². The minimum absolute atomic E-state index is 0.133. The van der Waals surface area contributed by atoms with Crippen molar-refractivity contribution in [1.29, 1.82) is 0 Å². The molecule has 4 aromatic rings. The summed E-state index contributed by atoms with van der Waals surface area (Å²) >= 11 is 0.